The SMILES string of the molecule is CCCCP.O=S(=O)([O-])C(F)(F)F.[Ag+]. The smallest absolute Gasteiger partial charge is 0.741 e. The molecule has 0 aromatic rings. The van der Waals surface area contributed by atoms with E-state index in [2.05, 4.69) is 16.2 Å². The molecule has 9 heteroatoms. The Morgan fingerprint density at radius 3 is 1.64 bits per heavy atom. The van der Waals surface area contributed by atoms with Crippen LogP contribution >= 0.6 is 9.24 Å². The molecular formula is C5H11AgF3O3PS. The molecule has 92 valence electrons. The predicted molar refractivity (Wildman–Crippen MR) is 45.2 cm³/mol. The fraction of sp³-hybridized carbons (Fsp3) is 1.00. The second-order valence-electron chi connectivity index (χ2n) is 2.04. The Balaban J connectivity index is -0.000000177. The van der Waals surface area contributed by atoms with E-state index in [-0.39, 0.29) is 22.4 Å². The molecule has 0 aliphatic heterocycles. The summed E-state index contributed by atoms with van der Waals surface area (Å²) in [5.74, 6) is 0. The second kappa shape index (κ2) is 9.12. The van der Waals surface area contributed by atoms with Crippen molar-refractivity contribution in [3.05, 3.63) is 0 Å². The van der Waals surface area contributed by atoms with Gasteiger partial charge in [0.05, 0.1) is 0 Å². The number of halogens is 3. The molecule has 0 fully saturated rings. The van der Waals surface area contributed by atoms with E-state index in [1.807, 2.05) is 0 Å². The third-order valence-electron chi connectivity index (χ3n) is 0.841. The molecule has 0 aromatic carbocycles. The molecule has 0 radical (unpaired) electrons. The first-order chi connectivity index (χ1) is 5.66. The molecular weight excluding hydrogens is 336 g/mol. The third kappa shape index (κ3) is 12.9. The summed E-state index contributed by atoms with van der Waals surface area (Å²) < 4.78 is 58.9. The van der Waals surface area contributed by atoms with Crippen molar-refractivity contribution >= 4 is 19.4 Å². The predicted octanol–water partition coefficient (Wildman–Crippen LogP) is 1.71. The minimum atomic E-state index is -6.09. The van der Waals surface area contributed by atoms with Gasteiger partial charge in [-0.25, -0.2) is 8.42 Å². The van der Waals surface area contributed by atoms with Crippen LogP contribution < -0.4 is 0 Å². The number of hydrogen-bond donors (Lipinski definition) is 0. The van der Waals surface area contributed by atoms with Crippen LogP contribution in [0.25, 0.3) is 0 Å². The first-order valence-corrected chi connectivity index (χ1v) is 5.61. The third-order valence-corrected chi connectivity index (χ3v) is 1.82. The van der Waals surface area contributed by atoms with E-state index < -0.39 is 15.6 Å². The molecule has 3 nitrogen and oxygen atoms in total. The zero-order valence-corrected chi connectivity index (χ0v) is 10.7. The zero-order valence-electron chi connectivity index (χ0n) is 7.27. The van der Waals surface area contributed by atoms with E-state index in [9.17, 15) is 13.2 Å². The van der Waals surface area contributed by atoms with Gasteiger partial charge in [0.15, 0.2) is 10.1 Å². The fourth-order valence-electron chi connectivity index (χ4n) is 0.204. The number of alkyl halides is 3. The van der Waals surface area contributed by atoms with Crippen LogP contribution in [0.2, 0.25) is 0 Å². The van der Waals surface area contributed by atoms with E-state index in [1.54, 1.807) is 0 Å². The molecule has 0 saturated carbocycles. The maximum absolute atomic E-state index is 10.7. The van der Waals surface area contributed by atoms with Crippen LogP contribution in [0.1, 0.15) is 19.8 Å². The molecule has 1 atom stereocenters. The van der Waals surface area contributed by atoms with Gasteiger partial charge in [-0.15, -0.1) is 9.24 Å². The van der Waals surface area contributed by atoms with Crippen LogP contribution in [-0.4, -0.2) is 24.6 Å². The topological polar surface area (TPSA) is 57.2 Å². The van der Waals surface area contributed by atoms with E-state index in [0.29, 0.717) is 0 Å². The van der Waals surface area contributed by atoms with Gasteiger partial charge in [0.2, 0.25) is 0 Å². The summed E-state index contributed by atoms with van der Waals surface area (Å²) in [6, 6.07) is 0. The van der Waals surface area contributed by atoms with Crippen molar-refractivity contribution in [3.8, 4) is 0 Å². The summed E-state index contributed by atoms with van der Waals surface area (Å²) in [6.45, 7) is 2.20. The molecule has 0 aromatic heterocycles. The summed E-state index contributed by atoms with van der Waals surface area (Å²) in [5, 5.41) is 0. The molecule has 0 spiro atoms. The van der Waals surface area contributed by atoms with Crippen molar-refractivity contribution in [2.45, 2.75) is 25.3 Å². The summed E-state index contributed by atoms with van der Waals surface area (Å²) >= 11 is 0. The standard InChI is InChI=1S/C4H11P.CHF3O3S.Ag/c1-2-3-4-5;2-1(3,4)8(5,6)7;/h2-5H2,1H3;(H,5,6,7);/q;;+1/p-1. The van der Waals surface area contributed by atoms with Crippen LogP contribution in [0.3, 0.4) is 0 Å². The Hall–Kier alpha value is 0.870. The van der Waals surface area contributed by atoms with Gasteiger partial charge in [-0.2, -0.15) is 13.2 Å². The minimum absolute atomic E-state index is 0. The van der Waals surface area contributed by atoms with E-state index in [4.69, 9.17) is 13.0 Å². The van der Waals surface area contributed by atoms with Gasteiger partial charge in [-0.3, -0.25) is 0 Å². The van der Waals surface area contributed by atoms with Crippen molar-refractivity contribution in [1.82, 2.24) is 0 Å². The van der Waals surface area contributed by atoms with E-state index in [1.165, 1.54) is 19.0 Å². The van der Waals surface area contributed by atoms with Gasteiger partial charge in [0, 0.05) is 0 Å². The molecule has 14 heavy (non-hydrogen) atoms. The summed E-state index contributed by atoms with van der Waals surface area (Å²) in [5.41, 5.74) is -5.65. The first kappa shape index (κ1) is 20.3. The Kier molecular flexibility index (Phi) is 13.2. The van der Waals surface area contributed by atoms with Crippen LogP contribution in [-0.2, 0) is 32.5 Å². The van der Waals surface area contributed by atoms with E-state index in [0.717, 1.165) is 0 Å². The maximum atomic E-state index is 10.7. The van der Waals surface area contributed by atoms with Gasteiger partial charge >= 0.3 is 27.9 Å². The molecule has 0 aliphatic carbocycles. The largest absolute Gasteiger partial charge is 1.00 e. The average molecular weight is 347 g/mol. The Labute approximate surface area is 99.3 Å². The molecule has 0 rings (SSSR count). The van der Waals surface area contributed by atoms with Crippen molar-refractivity contribution < 1.29 is 48.5 Å². The van der Waals surface area contributed by atoms with Gasteiger partial charge in [-0.05, 0) is 6.16 Å². The molecule has 0 N–H and O–H groups in total. The maximum Gasteiger partial charge on any atom is 1.00 e. The van der Waals surface area contributed by atoms with Gasteiger partial charge in [0.1, 0.15) is 0 Å². The van der Waals surface area contributed by atoms with Gasteiger partial charge in [0.25, 0.3) is 0 Å². The zero-order chi connectivity index (χ0) is 11.1. The fourth-order valence-corrected chi connectivity index (χ4v) is 0.612. The summed E-state index contributed by atoms with van der Waals surface area (Å²) in [4.78, 5) is 0. The quantitative estimate of drug-likeness (QED) is 0.331. The molecule has 1 unspecified atom stereocenters. The van der Waals surface area contributed by atoms with Crippen LogP contribution in [0, 0.1) is 0 Å². The second-order valence-corrected chi connectivity index (χ2v) is 3.99. The number of hydrogen-bond acceptors (Lipinski definition) is 3. The van der Waals surface area contributed by atoms with Gasteiger partial charge < -0.3 is 4.55 Å². The first-order valence-electron chi connectivity index (χ1n) is 3.39. The minimum Gasteiger partial charge on any atom is -0.741 e. The van der Waals surface area contributed by atoms with Crippen molar-refractivity contribution in [2.24, 2.45) is 0 Å². The molecule has 0 heterocycles. The van der Waals surface area contributed by atoms with Crippen LogP contribution in [0.15, 0.2) is 0 Å². The Morgan fingerprint density at radius 2 is 1.64 bits per heavy atom. The van der Waals surface area contributed by atoms with Crippen molar-refractivity contribution in [2.75, 3.05) is 6.16 Å². The van der Waals surface area contributed by atoms with Crippen molar-refractivity contribution in [3.63, 3.8) is 0 Å². The van der Waals surface area contributed by atoms with Crippen LogP contribution in [0.4, 0.5) is 13.2 Å². The number of unbranched alkanes of at least 4 members (excludes halogenated alkanes) is 1. The monoisotopic (exact) mass is 346 g/mol. The normalized spacial score (nSPS) is 11.0. The Morgan fingerprint density at radius 1 is 1.36 bits per heavy atom. The number of rotatable bonds is 2. The Bertz CT molecular complexity index is 215. The van der Waals surface area contributed by atoms with Crippen LogP contribution in [0.5, 0.6) is 0 Å². The molecule has 0 amide bonds. The molecule has 0 aliphatic rings. The summed E-state index contributed by atoms with van der Waals surface area (Å²) in [7, 11) is -3.39. The van der Waals surface area contributed by atoms with Crippen molar-refractivity contribution in [1.29, 1.82) is 0 Å². The molecule has 0 saturated heterocycles. The average Bonchev–Trinajstić information content (AvgIpc) is 1.85. The summed E-state index contributed by atoms with van der Waals surface area (Å²) in [6.07, 6.45) is 3.94. The van der Waals surface area contributed by atoms with E-state index >= 15 is 0 Å². The molecule has 0 bridgehead atoms. The van der Waals surface area contributed by atoms with Gasteiger partial charge in [-0.1, -0.05) is 19.8 Å².